The SMILES string of the molecule is CC1CC2C(OC(=O)C34CC5CC6CC(C3)C654)C1OC(=O)[C@@H]2C(=O)OC(CS(=O)(=O)O)(C(F)(F)F)C(F)(F)F. The number of hydrogen-bond donors (Lipinski definition) is 1. The fourth-order valence-corrected chi connectivity index (χ4v) is 9.96. The average molecular weight is 590 g/mol. The number of hydrogen-bond acceptors (Lipinski definition) is 8. The van der Waals surface area contributed by atoms with Crippen molar-refractivity contribution < 1.29 is 67.9 Å². The molecule has 218 valence electrons. The summed E-state index contributed by atoms with van der Waals surface area (Å²) in [5.74, 6) is -10.5. The van der Waals surface area contributed by atoms with Crippen LogP contribution in [-0.4, -0.2) is 66.8 Å². The molecule has 39 heavy (non-hydrogen) atoms. The molecule has 6 fully saturated rings. The molecule has 16 heteroatoms. The van der Waals surface area contributed by atoms with Gasteiger partial charge in [0.15, 0.2) is 5.92 Å². The predicted molar refractivity (Wildman–Crippen MR) is 112 cm³/mol. The van der Waals surface area contributed by atoms with Crippen LogP contribution in [0.15, 0.2) is 0 Å². The highest BCUT2D eigenvalue weighted by Gasteiger charge is 2.90. The monoisotopic (exact) mass is 590 g/mol. The van der Waals surface area contributed by atoms with Crippen LogP contribution in [-0.2, 0) is 38.7 Å². The Kier molecular flexibility index (Phi) is 5.27. The minimum Gasteiger partial charge on any atom is -0.458 e. The molecule has 6 unspecified atom stereocenters. The first-order valence-corrected chi connectivity index (χ1v) is 14.1. The Labute approximate surface area is 217 Å². The van der Waals surface area contributed by atoms with Crippen molar-refractivity contribution in [3.63, 3.8) is 0 Å². The van der Waals surface area contributed by atoms with E-state index in [2.05, 4.69) is 4.74 Å². The zero-order valence-corrected chi connectivity index (χ0v) is 21.1. The van der Waals surface area contributed by atoms with Crippen molar-refractivity contribution in [3.05, 3.63) is 0 Å². The maximum Gasteiger partial charge on any atom is 0.438 e. The Bertz CT molecular complexity index is 1220. The lowest BCUT2D eigenvalue weighted by molar-refractivity contribution is -0.419. The molecule has 0 aromatic rings. The molecule has 0 aromatic heterocycles. The number of carbonyl (C=O) groups is 3. The molecule has 5 saturated carbocycles. The van der Waals surface area contributed by atoms with Crippen LogP contribution in [0.25, 0.3) is 0 Å². The molecule has 2 bridgehead atoms. The Morgan fingerprint density at radius 1 is 1.03 bits per heavy atom. The summed E-state index contributed by atoms with van der Waals surface area (Å²) >= 11 is 0. The number of carbonyl (C=O) groups excluding carboxylic acids is 3. The van der Waals surface area contributed by atoms with Crippen molar-refractivity contribution in [3.8, 4) is 0 Å². The molecule has 1 heterocycles. The highest BCUT2D eigenvalue weighted by Crippen LogP contribution is 2.93. The van der Waals surface area contributed by atoms with E-state index in [4.69, 9.17) is 14.0 Å². The predicted octanol–water partition coefficient (Wildman–Crippen LogP) is 2.83. The molecule has 1 spiro atoms. The van der Waals surface area contributed by atoms with Crippen LogP contribution in [0.4, 0.5) is 26.3 Å². The van der Waals surface area contributed by atoms with E-state index in [-0.39, 0.29) is 11.8 Å². The molecule has 5 aliphatic carbocycles. The first kappa shape index (κ1) is 27.1. The fraction of sp³-hybridized carbons (Fsp3) is 0.870. The van der Waals surface area contributed by atoms with Crippen LogP contribution in [0, 0.1) is 46.3 Å². The Morgan fingerprint density at radius 3 is 2.05 bits per heavy atom. The molecule has 1 saturated heterocycles. The largest absolute Gasteiger partial charge is 0.458 e. The Hall–Kier alpha value is -2.10. The van der Waals surface area contributed by atoms with Crippen molar-refractivity contribution in [1.29, 1.82) is 0 Å². The number of ether oxygens (including phenoxy) is 3. The molecule has 1 N–H and O–H groups in total. The van der Waals surface area contributed by atoms with E-state index in [1.807, 2.05) is 0 Å². The van der Waals surface area contributed by atoms with Gasteiger partial charge in [-0.2, -0.15) is 34.8 Å². The molecule has 6 rings (SSSR count). The maximum atomic E-state index is 13.7. The van der Waals surface area contributed by atoms with Crippen molar-refractivity contribution in [2.75, 3.05) is 5.75 Å². The lowest BCUT2D eigenvalue weighted by atomic mass is 9.13. The summed E-state index contributed by atoms with van der Waals surface area (Å²) in [6, 6.07) is 0. The first-order chi connectivity index (χ1) is 17.8. The topological polar surface area (TPSA) is 133 Å². The van der Waals surface area contributed by atoms with Crippen LogP contribution >= 0.6 is 0 Å². The van der Waals surface area contributed by atoms with E-state index in [0.29, 0.717) is 30.6 Å². The average Bonchev–Trinajstić information content (AvgIpc) is 2.89. The fourth-order valence-electron chi connectivity index (χ4n) is 9.06. The van der Waals surface area contributed by atoms with Gasteiger partial charge in [0.05, 0.1) is 5.41 Å². The molecular formula is C23H24F6O9S. The second kappa shape index (κ2) is 7.59. The summed E-state index contributed by atoms with van der Waals surface area (Å²) in [6.45, 7) is 1.56. The van der Waals surface area contributed by atoms with Gasteiger partial charge >= 0.3 is 35.9 Å². The summed E-state index contributed by atoms with van der Waals surface area (Å²) in [7, 11) is -6.00. The van der Waals surface area contributed by atoms with E-state index in [9.17, 15) is 49.1 Å². The number of fused-ring (bicyclic) bond motifs is 2. The highest BCUT2D eigenvalue weighted by atomic mass is 32.2. The van der Waals surface area contributed by atoms with Crippen molar-refractivity contribution >= 4 is 28.0 Å². The molecule has 9 nitrogen and oxygen atoms in total. The van der Waals surface area contributed by atoms with Crippen molar-refractivity contribution in [2.45, 2.75) is 69.2 Å². The number of esters is 3. The van der Waals surface area contributed by atoms with Crippen molar-refractivity contribution in [2.24, 2.45) is 46.3 Å². The standard InChI is InChI=1S/C23H24F6O9S/c1-8-2-12-13(17(31)38-20(22(24,25)26,23(27,28)29)7-39(33,34)35)16(30)36-14(8)15(12)37-18(32)19-5-10-3-9-4-11(6-19)21(9,10)19/h8-15H,2-7H2,1H3,(H,33,34,35)/t8?,9?,10?,11?,12?,13-,14?,15?,19?,21?/m1/s1. The first-order valence-electron chi connectivity index (χ1n) is 12.5. The van der Waals surface area contributed by atoms with Gasteiger partial charge in [-0.3, -0.25) is 18.9 Å². The van der Waals surface area contributed by atoms with Gasteiger partial charge in [0.2, 0.25) is 0 Å². The van der Waals surface area contributed by atoms with E-state index >= 15 is 0 Å². The molecule has 0 amide bonds. The summed E-state index contributed by atoms with van der Waals surface area (Å²) in [5.41, 5.74) is -6.48. The molecule has 0 aromatic carbocycles. The van der Waals surface area contributed by atoms with Crippen molar-refractivity contribution in [1.82, 2.24) is 0 Å². The van der Waals surface area contributed by atoms with Gasteiger partial charge in [0.1, 0.15) is 18.0 Å². The quantitative estimate of drug-likeness (QED) is 0.163. The van der Waals surface area contributed by atoms with Crippen LogP contribution in [0.5, 0.6) is 0 Å². The number of alkyl halides is 6. The summed E-state index contributed by atoms with van der Waals surface area (Å²) in [5, 5.41) is 0. The third-order valence-corrected chi connectivity index (χ3v) is 11.3. The minimum atomic E-state index is -6.55. The molecule has 6 aliphatic rings. The Morgan fingerprint density at radius 2 is 1.59 bits per heavy atom. The van der Waals surface area contributed by atoms with Gasteiger partial charge in [-0.25, -0.2) is 0 Å². The van der Waals surface area contributed by atoms with E-state index in [1.54, 1.807) is 6.92 Å². The van der Waals surface area contributed by atoms with Crippen LogP contribution in [0.1, 0.15) is 39.0 Å². The normalized spacial score (nSPS) is 43.8. The number of rotatable bonds is 6. The van der Waals surface area contributed by atoms with Gasteiger partial charge in [-0.15, -0.1) is 0 Å². The van der Waals surface area contributed by atoms with Gasteiger partial charge in [0.25, 0.3) is 10.1 Å². The lowest BCUT2D eigenvalue weighted by Gasteiger charge is -2.89. The third-order valence-electron chi connectivity index (χ3n) is 10.5. The number of halogens is 6. The summed E-state index contributed by atoms with van der Waals surface area (Å²) < 4.78 is 128. The Balaban J connectivity index is 1.27. The van der Waals surface area contributed by atoms with Crippen LogP contribution in [0.3, 0.4) is 0 Å². The third kappa shape index (κ3) is 3.18. The smallest absolute Gasteiger partial charge is 0.438 e. The zero-order valence-electron chi connectivity index (χ0n) is 20.3. The van der Waals surface area contributed by atoms with E-state index < -0.39 is 87.1 Å². The molecule has 1 aliphatic heterocycles. The second-order valence-electron chi connectivity index (χ2n) is 12.1. The van der Waals surface area contributed by atoms with Gasteiger partial charge < -0.3 is 14.2 Å². The summed E-state index contributed by atoms with van der Waals surface area (Å²) in [6.07, 6.45) is -12.3. The van der Waals surface area contributed by atoms with Gasteiger partial charge in [0, 0.05) is 5.92 Å². The van der Waals surface area contributed by atoms with Crippen LogP contribution < -0.4 is 0 Å². The second-order valence-corrected chi connectivity index (χ2v) is 13.5. The zero-order chi connectivity index (χ0) is 28.7. The maximum absolute atomic E-state index is 13.7. The molecular weight excluding hydrogens is 566 g/mol. The lowest BCUT2D eigenvalue weighted by Crippen LogP contribution is -2.87. The minimum absolute atomic E-state index is 0.104. The summed E-state index contributed by atoms with van der Waals surface area (Å²) in [4.78, 5) is 38.9. The van der Waals surface area contributed by atoms with Gasteiger partial charge in [-0.05, 0) is 61.2 Å². The highest BCUT2D eigenvalue weighted by molar-refractivity contribution is 7.85. The molecule has 0 radical (unpaired) electrons. The van der Waals surface area contributed by atoms with Gasteiger partial charge in [-0.1, -0.05) is 6.92 Å². The van der Waals surface area contributed by atoms with Crippen LogP contribution in [0.2, 0.25) is 0 Å². The van der Waals surface area contributed by atoms with E-state index in [0.717, 1.165) is 12.8 Å². The van der Waals surface area contributed by atoms with E-state index in [1.165, 1.54) is 0 Å². The molecule has 7 atom stereocenters.